The molecule has 0 aromatic heterocycles. The molecule has 1 aliphatic carbocycles. The largest absolute Gasteiger partial charge is 0.377 e. The van der Waals surface area contributed by atoms with Crippen LogP contribution in [-0.4, -0.2) is 56.1 Å². The number of amides is 4. The van der Waals surface area contributed by atoms with E-state index < -0.39 is 33.4 Å². The van der Waals surface area contributed by atoms with Crippen LogP contribution in [0.15, 0.2) is 29.2 Å². The van der Waals surface area contributed by atoms with Gasteiger partial charge in [-0.05, 0) is 62.6 Å². The first kappa shape index (κ1) is 22.7. The maximum atomic E-state index is 12.9. The van der Waals surface area contributed by atoms with Crippen LogP contribution in [0.1, 0.15) is 55.8 Å². The number of ether oxygens (including phenoxy) is 1. The Kier molecular flexibility index (Phi) is 6.24. The Morgan fingerprint density at radius 3 is 2.69 bits per heavy atom. The number of hydrogen-bond donors (Lipinski definition) is 3. The highest BCUT2D eigenvalue weighted by molar-refractivity contribution is 7.89. The summed E-state index contributed by atoms with van der Waals surface area (Å²) in [5.41, 5.74) is 1.37. The molecule has 3 aliphatic rings. The first-order valence-corrected chi connectivity index (χ1v) is 12.4. The predicted molar refractivity (Wildman–Crippen MR) is 114 cm³/mol. The van der Waals surface area contributed by atoms with Crippen molar-refractivity contribution in [2.75, 3.05) is 13.2 Å². The lowest BCUT2D eigenvalue weighted by Crippen LogP contribution is -2.51. The Morgan fingerprint density at radius 1 is 1.25 bits per heavy atom. The van der Waals surface area contributed by atoms with Crippen LogP contribution in [-0.2, 0) is 19.6 Å². The topological polar surface area (TPSA) is 134 Å². The van der Waals surface area contributed by atoms with Crippen molar-refractivity contribution in [3.8, 4) is 0 Å². The van der Waals surface area contributed by atoms with Crippen molar-refractivity contribution in [1.29, 1.82) is 0 Å². The van der Waals surface area contributed by atoms with Gasteiger partial charge in [-0.25, -0.2) is 17.9 Å². The van der Waals surface area contributed by atoms with E-state index in [2.05, 4.69) is 22.4 Å². The first-order chi connectivity index (χ1) is 15.2. The van der Waals surface area contributed by atoms with E-state index in [-0.39, 0.29) is 23.1 Å². The third kappa shape index (κ3) is 4.50. The Balaban J connectivity index is 1.43. The molecule has 1 unspecified atom stereocenters. The third-order valence-electron chi connectivity index (χ3n) is 6.43. The molecule has 2 heterocycles. The second kappa shape index (κ2) is 8.80. The number of hydrazine groups is 1. The molecule has 11 heteroatoms. The monoisotopic (exact) mass is 464 g/mol. The molecule has 1 atom stereocenters. The summed E-state index contributed by atoms with van der Waals surface area (Å²) in [6, 6.07) is 4.76. The summed E-state index contributed by atoms with van der Waals surface area (Å²) in [7, 11) is -3.85. The number of benzene rings is 1. The van der Waals surface area contributed by atoms with E-state index in [1.165, 1.54) is 24.3 Å². The van der Waals surface area contributed by atoms with Gasteiger partial charge in [0.2, 0.25) is 10.0 Å². The molecule has 32 heavy (non-hydrogen) atoms. The van der Waals surface area contributed by atoms with Gasteiger partial charge in [-0.1, -0.05) is 13.0 Å². The Morgan fingerprint density at radius 2 is 2.00 bits per heavy atom. The smallest absolute Gasteiger partial charge is 0.344 e. The molecule has 3 N–H and O–H groups in total. The molecule has 4 rings (SSSR count). The van der Waals surface area contributed by atoms with Crippen molar-refractivity contribution in [2.24, 2.45) is 5.92 Å². The Hall–Kier alpha value is -2.50. The summed E-state index contributed by atoms with van der Waals surface area (Å²) in [4.78, 5) is 38.0. The van der Waals surface area contributed by atoms with E-state index in [0.717, 1.165) is 25.7 Å². The number of hydrogen-bond acceptors (Lipinski definition) is 6. The van der Waals surface area contributed by atoms with Crippen molar-refractivity contribution in [3.63, 3.8) is 0 Å². The van der Waals surface area contributed by atoms with Crippen molar-refractivity contribution >= 4 is 27.9 Å². The average molecular weight is 465 g/mol. The van der Waals surface area contributed by atoms with Gasteiger partial charge in [0.05, 0.1) is 11.0 Å². The molecule has 2 aliphatic heterocycles. The number of rotatable bonds is 6. The number of imide groups is 1. The van der Waals surface area contributed by atoms with E-state index >= 15 is 0 Å². The lowest BCUT2D eigenvalue weighted by atomic mass is 9.77. The minimum absolute atomic E-state index is 0.0174. The summed E-state index contributed by atoms with van der Waals surface area (Å²) in [5, 5.41) is 3.43. The van der Waals surface area contributed by atoms with Crippen LogP contribution in [0.3, 0.4) is 0 Å². The molecule has 2 saturated heterocycles. The highest BCUT2D eigenvalue weighted by atomic mass is 32.2. The van der Waals surface area contributed by atoms with Gasteiger partial charge < -0.3 is 10.1 Å². The second-order valence-electron chi connectivity index (χ2n) is 8.79. The molecular weight excluding hydrogens is 436 g/mol. The van der Waals surface area contributed by atoms with Crippen LogP contribution in [0.4, 0.5) is 4.79 Å². The van der Waals surface area contributed by atoms with Gasteiger partial charge in [-0.15, -0.1) is 0 Å². The Bertz CT molecular complexity index is 1010. The van der Waals surface area contributed by atoms with Gasteiger partial charge in [-0.3, -0.25) is 15.0 Å². The molecule has 10 nitrogen and oxygen atoms in total. The van der Waals surface area contributed by atoms with Crippen molar-refractivity contribution < 1.29 is 27.5 Å². The summed E-state index contributed by atoms with van der Waals surface area (Å²) in [5.74, 6) is -0.747. The SMILES string of the molecule is CC1CCC2(CC1)NC(=O)N(NC(=O)c1cccc(S(=O)(=O)NCC3CCCO3)c1)C2=O. The highest BCUT2D eigenvalue weighted by Crippen LogP contribution is 2.35. The fraction of sp³-hybridized carbons (Fsp3) is 0.571. The second-order valence-corrected chi connectivity index (χ2v) is 10.6. The van der Waals surface area contributed by atoms with Crippen molar-refractivity contribution in [2.45, 2.75) is 62.0 Å². The summed E-state index contributed by atoms with van der Waals surface area (Å²) in [6.45, 7) is 2.87. The number of nitrogens with zero attached hydrogens (tertiary/aromatic N) is 1. The lowest BCUT2D eigenvalue weighted by Gasteiger charge is -2.33. The van der Waals surface area contributed by atoms with E-state index in [1.54, 1.807) is 0 Å². The molecule has 1 spiro atoms. The van der Waals surface area contributed by atoms with Gasteiger partial charge >= 0.3 is 6.03 Å². The molecule has 4 amide bonds. The fourth-order valence-corrected chi connectivity index (χ4v) is 5.49. The average Bonchev–Trinajstić information content (AvgIpc) is 3.38. The number of sulfonamides is 1. The van der Waals surface area contributed by atoms with Crippen LogP contribution < -0.4 is 15.5 Å². The van der Waals surface area contributed by atoms with Crippen LogP contribution in [0.2, 0.25) is 0 Å². The van der Waals surface area contributed by atoms with E-state index in [4.69, 9.17) is 4.74 Å². The molecule has 3 fully saturated rings. The third-order valence-corrected chi connectivity index (χ3v) is 7.86. The van der Waals surface area contributed by atoms with E-state index in [0.29, 0.717) is 30.4 Å². The van der Waals surface area contributed by atoms with Gasteiger partial charge in [0, 0.05) is 18.7 Å². The van der Waals surface area contributed by atoms with Crippen LogP contribution in [0.5, 0.6) is 0 Å². The fourth-order valence-electron chi connectivity index (χ4n) is 4.38. The number of nitrogens with one attached hydrogen (secondary N) is 3. The molecule has 1 saturated carbocycles. The minimum Gasteiger partial charge on any atom is -0.377 e. The standard InChI is InChI=1S/C21H28N4O6S/c1-14-7-9-21(10-8-14)19(27)25(20(28)23-21)24-18(26)15-4-2-6-17(12-15)32(29,30)22-13-16-5-3-11-31-16/h2,4,6,12,14,16,22H,3,5,7-11,13H2,1H3,(H,23,28)(H,24,26). The van der Waals surface area contributed by atoms with Gasteiger partial charge in [0.25, 0.3) is 11.8 Å². The van der Waals surface area contributed by atoms with Gasteiger partial charge in [0.15, 0.2) is 0 Å². The van der Waals surface area contributed by atoms with Crippen molar-refractivity contribution in [1.82, 2.24) is 20.5 Å². The molecule has 1 aromatic carbocycles. The van der Waals surface area contributed by atoms with Crippen LogP contribution in [0, 0.1) is 5.92 Å². The summed E-state index contributed by atoms with van der Waals surface area (Å²) in [6.07, 6.45) is 4.19. The summed E-state index contributed by atoms with van der Waals surface area (Å²) >= 11 is 0. The first-order valence-electron chi connectivity index (χ1n) is 10.9. The summed E-state index contributed by atoms with van der Waals surface area (Å²) < 4.78 is 33.2. The van der Waals surface area contributed by atoms with Crippen molar-refractivity contribution in [3.05, 3.63) is 29.8 Å². The van der Waals surface area contributed by atoms with Gasteiger partial charge in [-0.2, -0.15) is 5.01 Å². The highest BCUT2D eigenvalue weighted by Gasteiger charge is 2.53. The zero-order valence-electron chi connectivity index (χ0n) is 17.9. The quantitative estimate of drug-likeness (QED) is 0.543. The normalized spacial score (nSPS) is 28.2. The minimum atomic E-state index is -3.85. The molecule has 0 bridgehead atoms. The number of carbonyl (C=O) groups is 3. The molecule has 174 valence electrons. The van der Waals surface area contributed by atoms with Gasteiger partial charge in [0.1, 0.15) is 5.54 Å². The zero-order valence-corrected chi connectivity index (χ0v) is 18.7. The predicted octanol–water partition coefficient (Wildman–Crippen LogP) is 1.29. The van der Waals surface area contributed by atoms with Crippen LogP contribution >= 0.6 is 0 Å². The van der Waals surface area contributed by atoms with E-state index in [1.807, 2.05) is 0 Å². The number of urea groups is 1. The molecule has 1 aromatic rings. The Labute approximate surface area is 187 Å². The van der Waals surface area contributed by atoms with E-state index in [9.17, 15) is 22.8 Å². The van der Waals surface area contributed by atoms with Crippen LogP contribution in [0.25, 0.3) is 0 Å². The molecular formula is C21H28N4O6S. The maximum absolute atomic E-state index is 12.9. The zero-order chi connectivity index (χ0) is 22.9. The lowest BCUT2D eigenvalue weighted by molar-refractivity contribution is -0.134. The maximum Gasteiger partial charge on any atom is 0.344 e. The molecule has 0 radical (unpaired) electrons. The number of carbonyl (C=O) groups excluding carboxylic acids is 3.